The lowest BCUT2D eigenvalue weighted by atomic mass is 10.2. The fraction of sp³-hybridized carbons (Fsp3) is 0.167. The maximum absolute atomic E-state index is 6.11. The number of hydrogen-bond acceptors (Lipinski definition) is 2. The van der Waals surface area contributed by atoms with E-state index in [2.05, 4.69) is 16.8 Å². The largest absolute Gasteiger partial charge is 0.308 e. The van der Waals surface area contributed by atoms with E-state index in [9.17, 15) is 0 Å². The molecule has 0 bridgehead atoms. The van der Waals surface area contributed by atoms with Crippen LogP contribution in [0.25, 0.3) is 0 Å². The summed E-state index contributed by atoms with van der Waals surface area (Å²) < 4.78 is 0. The number of benzene rings is 1. The van der Waals surface area contributed by atoms with E-state index in [-0.39, 0.29) is 0 Å². The molecule has 0 amide bonds. The second-order valence-corrected chi connectivity index (χ2v) is 5.73. The SMILES string of the molecule is Clc1ccc(Cl)c(CNCc2cccs2)c1Cl. The average Bonchev–Trinajstić information content (AvgIpc) is 2.81. The van der Waals surface area contributed by atoms with Crippen molar-refractivity contribution in [1.82, 2.24) is 5.32 Å². The summed E-state index contributed by atoms with van der Waals surface area (Å²) in [6, 6.07) is 7.58. The molecule has 0 aliphatic rings. The highest BCUT2D eigenvalue weighted by molar-refractivity contribution is 7.09. The lowest BCUT2D eigenvalue weighted by Crippen LogP contribution is -2.12. The third-order valence-electron chi connectivity index (χ3n) is 2.32. The molecule has 0 fully saturated rings. The fourth-order valence-corrected chi connectivity index (χ4v) is 2.81. The molecule has 17 heavy (non-hydrogen) atoms. The maximum Gasteiger partial charge on any atom is 0.0652 e. The molecule has 0 aliphatic heterocycles. The Labute approximate surface area is 119 Å². The van der Waals surface area contributed by atoms with Gasteiger partial charge in [-0.3, -0.25) is 0 Å². The van der Waals surface area contributed by atoms with E-state index in [1.165, 1.54) is 4.88 Å². The smallest absolute Gasteiger partial charge is 0.0652 e. The van der Waals surface area contributed by atoms with Crippen molar-refractivity contribution < 1.29 is 0 Å². The zero-order chi connectivity index (χ0) is 12.3. The van der Waals surface area contributed by atoms with Crippen LogP contribution in [0.3, 0.4) is 0 Å². The Balaban J connectivity index is 2.01. The third kappa shape index (κ3) is 3.36. The Morgan fingerprint density at radius 2 is 1.76 bits per heavy atom. The van der Waals surface area contributed by atoms with Crippen molar-refractivity contribution >= 4 is 46.1 Å². The summed E-state index contributed by atoms with van der Waals surface area (Å²) in [5.41, 5.74) is 0.845. The van der Waals surface area contributed by atoms with Crippen molar-refractivity contribution in [3.05, 3.63) is 55.2 Å². The van der Waals surface area contributed by atoms with E-state index in [4.69, 9.17) is 34.8 Å². The van der Waals surface area contributed by atoms with Crippen LogP contribution >= 0.6 is 46.1 Å². The van der Waals surface area contributed by atoms with Crippen molar-refractivity contribution in [3.8, 4) is 0 Å². The van der Waals surface area contributed by atoms with Crippen LogP contribution in [0.2, 0.25) is 15.1 Å². The Kier molecular flexibility index (Phi) is 4.71. The van der Waals surface area contributed by atoms with Gasteiger partial charge in [0.15, 0.2) is 0 Å². The summed E-state index contributed by atoms with van der Waals surface area (Å²) in [5, 5.41) is 7.04. The Hall–Kier alpha value is -0.250. The summed E-state index contributed by atoms with van der Waals surface area (Å²) in [4.78, 5) is 1.28. The van der Waals surface area contributed by atoms with Gasteiger partial charge in [0.25, 0.3) is 0 Å². The second-order valence-electron chi connectivity index (χ2n) is 3.50. The molecule has 1 N–H and O–H groups in total. The molecule has 1 aromatic heterocycles. The van der Waals surface area contributed by atoms with Crippen LogP contribution in [0, 0.1) is 0 Å². The molecule has 0 radical (unpaired) electrons. The molecule has 0 saturated heterocycles. The van der Waals surface area contributed by atoms with Crippen LogP contribution in [-0.2, 0) is 13.1 Å². The van der Waals surface area contributed by atoms with Gasteiger partial charge in [-0.05, 0) is 23.6 Å². The Morgan fingerprint density at radius 1 is 1.00 bits per heavy atom. The van der Waals surface area contributed by atoms with Crippen LogP contribution in [0.4, 0.5) is 0 Å². The van der Waals surface area contributed by atoms with E-state index in [0.29, 0.717) is 21.6 Å². The molecule has 0 saturated carbocycles. The van der Waals surface area contributed by atoms with E-state index in [0.717, 1.165) is 12.1 Å². The minimum Gasteiger partial charge on any atom is -0.308 e. The van der Waals surface area contributed by atoms with Gasteiger partial charge in [-0.25, -0.2) is 0 Å². The Morgan fingerprint density at radius 3 is 2.47 bits per heavy atom. The van der Waals surface area contributed by atoms with E-state index in [1.54, 1.807) is 23.5 Å². The minimum absolute atomic E-state index is 0.526. The van der Waals surface area contributed by atoms with Gasteiger partial charge in [0.1, 0.15) is 0 Å². The quantitative estimate of drug-likeness (QED) is 0.784. The van der Waals surface area contributed by atoms with Gasteiger partial charge in [0.05, 0.1) is 10.0 Å². The van der Waals surface area contributed by atoms with Crippen molar-refractivity contribution in [1.29, 1.82) is 0 Å². The molecule has 5 heteroatoms. The van der Waals surface area contributed by atoms with Crippen molar-refractivity contribution in [2.75, 3.05) is 0 Å². The zero-order valence-corrected chi connectivity index (χ0v) is 11.9. The zero-order valence-electron chi connectivity index (χ0n) is 8.84. The van der Waals surface area contributed by atoms with Crippen LogP contribution in [0.5, 0.6) is 0 Å². The van der Waals surface area contributed by atoms with Gasteiger partial charge in [0, 0.05) is 28.6 Å². The normalized spacial score (nSPS) is 10.8. The summed E-state index contributed by atoms with van der Waals surface area (Å²) in [5.74, 6) is 0. The summed E-state index contributed by atoms with van der Waals surface area (Å²) in [6.07, 6.45) is 0. The van der Waals surface area contributed by atoms with E-state index < -0.39 is 0 Å². The molecule has 1 heterocycles. The first-order valence-corrected chi connectivity index (χ1v) is 7.05. The lowest BCUT2D eigenvalue weighted by Gasteiger charge is -2.09. The van der Waals surface area contributed by atoms with Crippen LogP contribution in [0.15, 0.2) is 29.6 Å². The number of hydrogen-bond donors (Lipinski definition) is 1. The summed E-state index contributed by atoms with van der Waals surface area (Å²) in [7, 11) is 0. The highest BCUT2D eigenvalue weighted by Crippen LogP contribution is 2.31. The van der Waals surface area contributed by atoms with Crippen molar-refractivity contribution in [3.63, 3.8) is 0 Å². The number of rotatable bonds is 4. The molecule has 2 rings (SSSR count). The molecular weight excluding hydrogens is 297 g/mol. The Bertz CT molecular complexity index is 497. The van der Waals surface area contributed by atoms with E-state index >= 15 is 0 Å². The summed E-state index contributed by atoms with van der Waals surface area (Å²) >= 11 is 19.9. The highest BCUT2D eigenvalue weighted by atomic mass is 35.5. The molecule has 90 valence electrons. The average molecular weight is 307 g/mol. The van der Waals surface area contributed by atoms with Gasteiger partial charge < -0.3 is 5.32 Å². The van der Waals surface area contributed by atoms with Crippen LogP contribution in [0.1, 0.15) is 10.4 Å². The molecule has 0 spiro atoms. The van der Waals surface area contributed by atoms with Gasteiger partial charge >= 0.3 is 0 Å². The predicted octanol–water partition coefficient (Wildman–Crippen LogP) is 5.00. The number of nitrogens with one attached hydrogen (secondary N) is 1. The molecule has 0 aliphatic carbocycles. The first kappa shape index (κ1) is 13.2. The first-order chi connectivity index (χ1) is 8.18. The minimum atomic E-state index is 0.526. The van der Waals surface area contributed by atoms with Crippen LogP contribution < -0.4 is 5.32 Å². The fourth-order valence-electron chi connectivity index (χ4n) is 1.45. The van der Waals surface area contributed by atoms with Crippen molar-refractivity contribution in [2.24, 2.45) is 0 Å². The molecule has 0 atom stereocenters. The third-order valence-corrected chi connectivity index (χ3v) is 4.39. The monoisotopic (exact) mass is 305 g/mol. The standard InChI is InChI=1S/C12H10Cl3NS/c13-10-3-4-11(14)12(15)9(10)7-16-6-8-2-1-5-17-8/h1-5,16H,6-7H2. The molecule has 1 aromatic carbocycles. The first-order valence-electron chi connectivity index (χ1n) is 5.04. The molecule has 1 nitrogen and oxygen atoms in total. The predicted molar refractivity (Wildman–Crippen MR) is 76.3 cm³/mol. The van der Waals surface area contributed by atoms with Crippen molar-refractivity contribution in [2.45, 2.75) is 13.1 Å². The maximum atomic E-state index is 6.11. The molecular formula is C12H10Cl3NS. The van der Waals surface area contributed by atoms with E-state index in [1.807, 2.05) is 6.07 Å². The van der Waals surface area contributed by atoms with Gasteiger partial charge in [0.2, 0.25) is 0 Å². The topological polar surface area (TPSA) is 12.0 Å². The second kappa shape index (κ2) is 6.07. The number of thiophene rings is 1. The molecule has 2 aromatic rings. The van der Waals surface area contributed by atoms with Gasteiger partial charge in [-0.15, -0.1) is 11.3 Å². The van der Waals surface area contributed by atoms with Gasteiger partial charge in [-0.2, -0.15) is 0 Å². The number of halogens is 3. The lowest BCUT2D eigenvalue weighted by molar-refractivity contribution is 0.701. The summed E-state index contributed by atoms with van der Waals surface area (Å²) in [6.45, 7) is 1.41. The van der Waals surface area contributed by atoms with Crippen LogP contribution in [-0.4, -0.2) is 0 Å². The van der Waals surface area contributed by atoms with Gasteiger partial charge in [-0.1, -0.05) is 40.9 Å². The molecule has 0 unspecified atom stereocenters. The highest BCUT2D eigenvalue weighted by Gasteiger charge is 2.09.